The maximum atomic E-state index is 13.8. The van der Waals surface area contributed by atoms with Gasteiger partial charge in [0.05, 0.1) is 29.0 Å². The normalized spacial score (nSPS) is 21.6. The van der Waals surface area contributed by atoms with E-state index in [0.717, 1.165) is 42.4 Å². The lowest BCUT2D eigenvalue weighted by Gasteiger charge is -2.39. The smallest absolute Gasteiger partial charge is 0.415 e. The third-order valence-electron chi connectivity index (χ3n) is 10.2. The van der Waals surface area contributed by atoms with Gasteiger partial charge in [0.15, 0.2) is 0 Å². The molecule has 4 aliphatic heterocycles. The van der Waals surface area contributed by atoms with E-state index in [2.05, 4.69) is 4.90 Å². The zero-order valence-electron chi connectivity index (χ0n) is 25.8. The van der Waals surface area contributed by atoms with Crippen LogP contribution in [0.25, 0.3) is 22.3 Å². The summed E-state index contributed by atoms with van der Waals surface area (Å²) < 4.78 is 18.2. The van der Waals surface area contributed by atoms with Gasteiger partial charge >= 0.3 is 12.1 Å². The van der Waals surface area contributed by atoms with Gasteiger partial charge in [0, 0.05) is 35.6 Å². The summed E-state index contributed by atoms with van der Waals surface area (Å²) in [4.78, 5) is 60.5. The van der Waals surface area contributed by atoms with Crippen LogP contribution in [-0.2, 0) is 44.2 Å². The number of piperidine rings is 2. The highest BCUT2D eigenvalue weighted by Crippen LogP contribution is 2.42. The minimum atomic E-state index is -1.68. The summed E-state index contributed by atoms with van der Waals surface area (Å²) in [5.41, 5.74) is 2.49. The van der Waals surface area contributed by atoms with Crippen LogP contribution in [0.3, 0.4) is 0 Å². The predicted octanol–water partition coefficient (Wildman–Crippen LogP) is 4.27. The fourth-order valence-corrected chi connectivity index (χ4v) is 7.74. The minimum Gasteiger partial charge on any atom is -0.457 e. The van der Waals surface area contributed by atoms with Gasteiger partial charge in [0.1, 0.15) is 12.4 Å². The topological polar surface area (TPSA) is 120 Å². The molecule has 0 radical (unpaired) electrons. The average molecular weight is 615 g/mol. The van der Waals surface area contributed by atoms with E-state index in [9.17, 15) is 19.2 Å². The first-order valence-corrected chi connectivity index (χ1v) is 16.1. The number of esters is 1. The number of aromatic nitrogens is 2. The Balaban J connectivity index is 1.18. The Hall–Kier alpha value is -4.25. The molecule has 0 aliphatic carbocycles. The van der Waals surface area contributed by atoms with Crippen molar-refractivity contribution in [2.24, 2.45) is 0 Å². The molecule has 2 saturated heterocycles. The molecule has 1 amide bonds. The van der Waals surface area contributed by atoms with Gasteiger partial charge in [-0.15, -0.1) is 0 Å². The number of fused-ring (bicyclic) bond motifs is 5. The molecule has 7 rings (SSSR count). The Labute approximate surface area is 261 Å². The van der Waals surface area contributed by atoms with Gasteiger partial charge in [-0.2, -0.15) is 0 Å². The summed E-state index contributed by atoms with van der Waals surface area (Å²) in [6.07, 6.45) is 6.22. The fourth-order valence-electron chi connectivity index (χ4n) is 7.74. The van der Waals surface area contributed by atoms with Crippen molar-refractivity contribution in [1.82, 2.24) is 19.4 Å². The van der Waals surface area contributed by atoms with E-state index in [-0.39, 0.29) is 31.2 Å². The highest BCUT2D eigenvalue weighted by molar-refractivity contribution is 5.90. The summed E-state index contributed by atoms with van der Waals surface area (Å²) in [6, 6.07) is 7.75. The number of hydrogen-bond acceptors (Lipinski definition) is 9. The van der Waals surface area contributed by atoms with Crippen molar-refractivity contribution < 1.29 is 28.6 Å². The van der Waals surface area contributed by atoms with Crippen molar-refractivity contribution >= 4 is 29.4 Å². The van der Waals surface area contributed by atoms with E-state index in [1.807, 2.05) is 19.1 Å². The molecule has 45 heavy (non-hydrogen) atoms. The number of likely N-dealkylation sites (tertiary alicyclic amines) is 2. The number of benzene rings is 1. The van der Waals surface area contributed by atoms with Gasteiger partial charge < -0.3 is 28.6 Å². The lowest BCUT2D eigenvalue weighted by atomic mass is 9.85. The van der Waals surface area contributed by atoms with Crippen molar-refractivity contribution in [1.29, 1.82) is 0 Å². The monoisotopic (exact) mass is 614 g/mol. The number of cyclic esters (lactones) is 1. The quantitative estimate of drug-likeness (QED) is 0.232. The van der Waals surface area contributed by atoms with Crippen LogP contribution >= 0.6 is 0 Å². The molecule has 11 nitrogen and oxygen atoms in total. The second-order valence-electron chi connectivity index (χ2n) is 12.4. The van der Waals surface area contributed by atoms with E-state index in [1.54, 1.807) is 28.5 Å². The Morgan fingerprint density at radius 2 is 1.84 bits per heavy atom. The second-order valence-corrected chi connectivity index (χ2v) is 12.4. The molecule has 0 bridgehead atoms. The minimum absolute atomic E-state index is 0.122. The maximum Gasteiger partial charge on any atom is 0.415 e. The van der Waals surface area contributed by atoms with Crippen LogP contribution in [0.2, 0.25) is 0 Å². The number of carbonyl (C=O) groups is 3. The van der Waals surface area contributed by atoms with Gasteiger partial charge in [0.2, 0.25) is 5.60 Å². The number of aryl methyl sites for hydroxylation is 1. The van der Waals surface area contributed by atoms with Crippen LogP contribution in [0.15, 0.2) is 29.1 Å². The molecular formula is C34H38N4O7. The average Bonchev–Trinajstić information content (AvgIpc) is 3.44. The number of amides is 1. The molecule has 236 valence electrons. The second kappa shape index (κ2) is 11.6. The SMILES string of the molecule is CCc1c2c(nc3ccc(OC(=O)N4CCC(N5CCCCC5)CC4)cc13)-c1cc3c(c(=O)n1C2)COC(=O)[C@@]3(CC)OC=O. The van der Waals surface area contributed by atoms with E-state index < -0.39 is 11.6 Å². The first-order chi connectivity index (χ1) is 21.9. The van der Waals surface area contributed by atoms with Crippen LogP contribution in [0.4, 0.5) is 4.79 Å². The predicted molar refractivity (Wildman–Crippen MR) is 165 cm³/mol. The number of carbonyl (C=O) groups excluding carboxylic acids is 3. The van der Waals surface area contributed by atoms with Crippen molar-refractivity contribution in [3.05, 3.63) is 56.9 Å². The molecule has 3 aromatic rings. The molecule has 11 heteroatoms. The van der Waals surface area contributed by atoms with Crippen LogP contribution in [0, 0.1) is 0 Å². The van der Waals surface area contributed by atoms with Crippen molar-refractivity contribution in [3.8, 4) is 17.1 Å². The Kier molecular flexibility index (Phi) is 7.59. The number of ether oxygens (including phenoxy) is 3. The number of hydrogen-bond donors (Lipinski definition) is 0. The molecule has 1 aromatic carbocycles. The molecule has 1 atom stereocenters. The van der Waals surface area contributed by atoms with Crippen LogP contribution in [0.5, 0.6) is 5.75 Å². The lowest BCUT2D eigenvalue weighted by molar-refractivity contribution is -0.182. The summed E-state index contributed by atoms with van der Waals surface area (Å²) >= 11 is 0. The summed E-state index contributed by atoms with van der Waals surface area (Å²) in [6.45, 7) is 7.80. The fraction of sp³-hybridized carbons (Fsp3) is 0.500. The van der Waals surface area contributed by atoms with E-state index in [4.69, 9.17) is 19.2 Å². The van der Waals surface area contributed by atoms with E-state index in [0.29, 0.717) is 65.9 Å². The van der Waals surface area contributed by atoms with Gasteiger partial charge in [-0.05, 0) is 81.4 Å². The van der Waals surface area contributed by atoms with E-state index in [1.165, 1.54) is 19.3 Å². The lowest BCUT2D eigenvalue weighted by Crippen LogP contribution is -2.48. The molecule has 0 unspecified atom stereocenters. The molecule has 0 saturated carbocycles. The van der Waals surface area contributed by atoms with Crippen molar-refractivity contribution in [2.45, 2.75) is 83.6 Å². The zero-order valence-corrected chi connectivity index (χ0v) is 25.8. The highest BCUT2D eigenvalue weighted by Gasteiger charge is 2.49. The first kappa shape index (κ1) is 29.5. The molecule has 2 fully saturated rings. The Morgan fingerprint density at radius 3 is 2.56 bits per heavy atom. The Bertz CT molecular complexity index is 1750. The molecule has 4 aliphatic rings. The number of rotatable bonds is 6. The maximum absolute atomic E-state index is 13.8. The third kappa shape index (κ3) is 4.79. The van der Waals surface area contributed by atoms with Crippen LogP contribution in [0.1, 0.15) is 74.6 Å². The van der Waals surface area contributed by atoms with Crippen molar-refractivity contribution in [3.63, 3.8) is 0 Å². The zero-order chi connectivity index (χ0) is 31.3. The number of nitrogens with zero attached hydrogens (tertiary/aromatic N) is 4. The van der Waals surface area contributed by atoms with Crippen LogP contribution < -0.4 is 10.3 Å². The van der Waals surface area contributed by atoms with Gasteiger partial charge in [-0.3, -0.25) is 9.59 Å². The number of pyridine rings is 2. The first-order valence-electron chi connectivity index (χ1n) is 16.1. The third-order valence-corrected chi connectivity index (χ3v) is 10.2. The molecular weight excluding hydrogens is 576 g/mol. The summed E-state index contributed by atoms with van der Waals surface area (Å²) in [5.74, 6) is -0.235. The van der Waals surface area contributed by atoms with E-state index >= 15 is 0 Å². The standard InChI is InChI=1S/C34H38N4O7/c1-3-23-24-16-22(45-33(42)37-14-10-21(11-15-37)36-12-6-5-7-13-36)8-9-28(24)35-30-25(23)18-38-29(30)17-27-26(31(38)40)19-43-32(41)34(27,4-2)44-20-39/h8-9,16-17,20-21H,3-7,10-15,18-19H2,1-2H3/t34-/m0/s1. The molecule has 0 N–H and O–H groups in total. The van der Waals surface area contributed by atoms with Gasteiger partial charge in [-0.25, -0.2) is 14.6 Å². The van der Waals surface area contributed by atoms with Crippen molar-refractivity contribution in [2.75, 3.05) is 26.2 Å². The summed E-state index contributed by atoms with van der Waals surface area (Å²) in [5, 5.41) is 0.863. The molecule has 6 heterocycles. The summed E-state index contributed by atoms with van der Waals surface area (Å²) in [7, 11) is 0. The Morgan fingerprint density at radius 1 is 1.07 bits per heavy atom. The van der Waals surface area contributed by atoms with Gasteiger partial charge in [0.25, 0.3) is 12.0 Å². The highest BCUT2D eigenvalue weighted by atomic mass is 16.6. The molecule has 2 aromatic heterocycles. The van der Waals surface area contributed by atoms with Crippen LogP contribution in [-0.4, -0.2) is 70.1 Å². The largest absolute Gasteiger partial charge is 0.457 e. The molecule has 0 spiro atoms. The van der Waals surface area contributed by atoms with Gasteiger partial charge in [-0.1, -0.05) is 20.3 Å².